The number of hydrogen-bond donors (Lipinski definition) is 2. The summed E-state index contributed by atoms with van der Waals surface area (Å²) in [6.45, 7) is 0. The van der Waals surface area contributed by atoms with Crippen LogP contribution >= 0.6 is 0 Å². The molecule has 2 amide bonds. The highest BCUT2D eigenvalue weighted by Crippen LogP contribution is 2.03. The first-order chi connectivity index (χ1) is 7.40. The van der Waals surface area contributed by atoms with Crippen molar-refractivity contribution in [2.75, 3.05) is 0 Å². The number of carboxylic acid groups (broad SMARTS) is 2. The highest BCUT2D eigenvalue weighted by molar-refractivity contribution is 5.99. The van der Waals surface area contributed by atoms with Crippen molar-refractivity contribution in [3.05, 3.63) is 0 Å². The second kappa shape index (κ2) is 4.60. The van der Waals surface area contributed by atoms with E-state index in [-0.39, 0.29) is 0 Å². The average Bonchev–Trinajstić information content (AvgIpc) is 2.11. The smallest absolute Gasteiger partial charge is 0.243 e. The van der Waals surface area contributed by atoms with Crippen LogP contribution in [0.5, 0.6) is 0 Å². The molecule has 0 radical (unpaired) electrons. The molecule has 1 rings (SSSR count). The van der Waals surface area contributed by atoms with E-state index in [0.717, 1.165) is 0 Å². The van der Waals surface area contributed by atoms with Gasteiger partial charge in [-0.2, -0.15) is 0 Å². The molecular formula is C8H8N2O6-2. The molecular weight excluding hydrogens is 220 g/mol. The number of carbonyl (C=O) groups is 4. The summed E-state index contributed by atoms with van der Waals surface area (Å²) in [5.74, 6) is -4.48. The molecule has 1 aliphatic heterocycles. The number of nitrogens with one attached hydrogen (secondary N) is 2. The molecule has 1 heterocycles. The second-order valence-electron chi connectivity index (χ2n) is 3.27. The van der Waals surface area contributed by atoms with Crippen LogP contribution in [0.25, 0.3) is 0 Å². The van der Waals surface area contributed by atoms with Gasteiger partial charge < -0.3 is 30.4 Å². The molecule has 0 bridgehead atoms. The maximum absolute atomic E-state index is 11.2. The maximum atomic E-state index is 11.2. The van der Waals surface area contributed by atoms with Gasteiger partial charge in [0.05, 0.1) is 0 Å². The van der Waals surface area contributed by atoms with Gasteiger partial charge in [-0.1, -0.05) is 0 Å². The molecule has 1 saturated heterocycles. The minimum absolute atomic E-state index is 0.657. The Hall–Kier alpha value is -2.12. The number of piperazine rings is 1. The lowest BCUT2D eigenvalue weighted by Gasteiger charge is -2.29. The molecule has 2 unspecified atom stereocenters. The van der Waals surface area contributed by atoms with E-state index in [1.807, 2.05) is 0 Å². The summed E-state index contributed by atoms with van der Waals surface area (Å²) < 4.78 is 0. The van der Waals surface area contributed by atoms with Crippen molar-refractivity contribution in [2.45, 2.75) is 24.9 Å². The van der Waals surface area contributed by atoms with Crippen molar-refractivity contribution in [2.24, 2.45) is 0 Å². The average molecular weight is 228 g/mol. The third kappa shape index (κ3) is 2.94. The first-order valence-electron chi connectivity index (χ1n) is 4.40. The van der Waals surface area contributed by atoms with E-state index in [4.69, 9.17) is 0 Å². The number of rotatable bonds is 4. The molecule has 2 N–H and O–H groups in total. The van der Waals surface area contributed by atoms with Crippen LogP contribution in [-0.4, -0.2) is 35.8 Å². The summed E-state index contributed by atoms with van der Waals surface area (Å²) in [6, 6.07) is -2.45. The van der Waals surface area contributed by atoms with Crippen LogP contribution in [0.1, 0.15) is 12.8 Å². The molecule has 0 aromatic heterocycles. The van der Waals surface area contributed by atoms with Gasteiger partial charge in [0.2, 0.25) is 11.8 Å². The number of hydrogen-bond acceptors (Lipinski definition) is 6. The zero-order valence-electron chi connectivity index (χ0n) is 8.02. The van der Waals surface area contributed by atoms with E-state index in [1.165, 1.54) is 0 Å². The van der Waals surface area contributed by atoms with Crippen LogP contribution in [-0.2, 0) is 19.2 Å². The normalized spacial score (nSPS) is 24.5. The van der Waals surface area contributed by atoms with Crippen molar-refractivity contribution in [1.82, 2.24) is 10.6 Å². The van der Waals surface area contributed by atoms with Crippen molar-refractivity contribution >= 4 is 23.8 Å². The van der Waals surface area contributed by atoms with Gasteiger partial charge >= 0.3 is 0 Å². The molecule has 0 saturated carbocycles. The first-order valence-corrected chi connectivity index (χ1v) is 4.40. The van der Waals surface area contributed by atoms with Crippen LogP contribution in [0.2, 0.25) is 0 Å². The summed E-state index contributed by atoms with van der Waals surface area (Å²) in [4.78, 5) is 42.9. The molecule has 2 atom stereocenters. The van der Waals surface area contributed by atoms with Gasteiger partial charge in [0.1, 0.15) is 12.1 Å². The molecule has 0 aromatic rings. The highest BCUT2D eigenvalue weighted by atomic mass is 16.4. The lowest BCUT2D eigenvalue weighted by Crippen LogP contribution is -2.63. The van der Waals surface area contributed by atoms with Gasteiger partial charge in [0.15, 0.2) is 0 Å². The fourth-order valence-electron chi connectivity index (χ4n) is 1.30. The third-order valence-corrected chi connectivity index (χ3v) is 2.01. The quantitative estimate of drug-likeness (QED) is 0.495. The first kappa shape index (κ1) is 12.0. The summed E-state index contributed by atoms with van der Waals surface area (Å²) in [5.41, 5.74) is 0. The third-order valence-electron chi connectivity index (χ3n) is 2.01. The second-order valence-corrected chi connectivity index (χ2v) is 3.27. The summed E-state index contributed by atoms with van der Waals surface area (Å²) >= 11 is 0. The van der Waals surface area contributed by atoms with E-state index in [0.29, 0.717) is 0 Å². The predicted octanol–water partition coefficient (Wildman–Crippen LogP) is -4.75. The number of carboxylic acids is 2. The van der Waals surface area contributed by atoms with Crippen LogP contribution in [0.15, 0.2) is 0 Å². The Kier molecular flexibility index (Phi) is 3.44. The van der Waals surface area contributed by atoms with E-state index < -0.39 is 48.7 Å². The maximum Gasteiger partial charge on any atom is 0.243 e. The molecule has 0 aromatic carbocycles. The van der Waals surface area contributed by atoms with Crippen LogP contribution in [0.4, 0.5) is 0 Å². The zero-order valence-corrected chi connectivity index (χ0v) is 8.02. The molecule has 88 valence electrons. The Labute approximate surface area is 89.6 Å². The fourth-order valence-corrected chi connectivity index (χ4v) is 1.30. The Balaban J connectivity index is 2.63. The van der Waals surface area contributed by atoms with E-state index in [9.17, 15) is 29.4 Å². The number of amides is 2. The standard InChI is InChI=1S/C8H10N2O6/c11-5(12)1-3-7(15)10-4(2-6(13)14)8(16)9-3/h3-4H,1-2H2,(H,9,16)(H,10,15)(H,11,12)(H,13,14)/p-2. The lowest BCUT2D eigenvalue weighted by molar-refractivity contribution is -0.307. The zero-order chi connectivity index (χ0) is 12.3. The fraction of sp³-hybridized carbons (Fsp3) is 0.500. The minimum atomic E-state index is -1.49. The summed E-state index contributed by atoms with van der Waals surface area (Å²) in [7, 11) is 0. The molecule has 8 heteroatoms. The molecule has 0 aliphatic carbocycles. The van der Waals surface area contributed by atoms with Crippen molar-refractivity contribution in [3.8, 4) is 0 Å². The lowest BCUT2D eigenvalue weighted by atomic mass is 10.1. The molecule has 16 heavy (non-hydrogen) atoms. The number of carbonyl (C=O) groups excluding carboxylic acids is 4. The Morgan fingerprint density at radius 3 is 1.50 bits per heavy atom. The van der Waals surface area contributed by atoms with Crippen molar-refractivity contribution in [3.63, 3.8) is 0 Å². The van der Waals surface area contributed by atoms with Gasteiger partial charge in [0.25, 0.3) is 0 Å². The topological polar surface area (TPSA) is 138 Å². The SMILES string of the molecule is O=C([O-])CC1NC(=O)C(CC(=O)[O-])NC1=O. The van der Waals surface area contributed by atoms with Gasteiger partial charge in [-0.05, 0) is 0 Å². The monoisotopic (exact) mass is 228 g/mol. The highest BCUT2D eigenvalue weighted by Gasteiger charge is 2.33. The largest absolute Gasteiger partial charge is 0.550 e. The van der Waals surface area contributed by atoms with Crippen LogP contribution < -0.4 is 20.8 Å². The van der Waals surface area contributed by atoms with Crippen molar-refractivity contribution in [1.29, 1.82) is 0 Å². The number of aliphatic carboxylic acids is 2. The predicted molar refractivity (Wildman–Crippen MR) is 43.1 cm³/mol. The molecule has 0 spiro atoms. The molecule has 8 nitrogen and oxygen atoms in total. The van der Waals surface area contributed by atoms with Gasteiger partial charge in [-0.25, -0.2) is 0 Å². The summed E-state index contributed by atoms with van der Waals surface area (Å²) in [6.07, 6.45) is -1.31. The van der Waals surface area contributed by atoms with Crippen LogP contribution in [0.3, 0.4) is 0 Å². The molecule has 1 fully saturated rings. The van der Waals surface area contributed by atoms with E-state index in [2.05, 4.69) is 10.6 Å². The Morgan fingerprint density at radius 1 is 0.938 bits per heavy atom. The van der Waals surface area contributed by atoms with E-state index in [1.54, 1.807) is 0 Å². The Morgan fingerprint density at radius 2 is 1.25 bits per heavy atom. The summed E-state index contributed by atoms with van der Waals surface area (Å²) in [5, 5.41) is 24.6. The minimum Gasteiger partial charge on any atom is -0.550 e. The van der Waals surface area contributed by atoms with Crippen LogP contribution in [0, 0.1) is 0 Å². The van der Waals surface area contributed by atoms with Gasteiger partial charge in [-0.3, -0.25) is 9.59 Å². The van der Waals surface area contributed by atoms with E-state index >= 15 is 0 Å². The van der Waals surface area contributed by atoms with Gasteiger partial charge in [0, 0.05) is 24.8 Å². The molecule has 1 aliphatic rings. The van der Waals surface area contributed by atoms with Gasteiger partial charge in [-0.15, -0.1) is 0 Å². The van der Waals surface area contributed by atoms with Crippen molar-refractivity contribution < 1.29 is 29.4 Å². The Bertz CT molecular complexity index is 318.